The topological polar surface area (TPSA) is 35.2 Å². The molecule has 0 bridgehead atoms. The van der Waals surface area contributed by atoms with Crippen molar-refractivity contribution in [3.8, 4) is 0 Å². The van der Waals surface area contributed by atoms with Crippen LogP contribution in [0.4, 0.5) is 8.78 Å². The summed E-state index contributed by atoms with van der Waals surface area (Å²) in [5, 5.41) is 0. The highest BCUT2D eigenvalue weighted by Crippen LogP contribution is 2.38. The second-order valence-corrected chi connectivity index (χ2v) is 2.80. The molecule has 60 valence electrons. The van der Waals surface area contributed by atoms with Crippen molar-refractivity contribution in [2.75, 3.05) is 6.61 Å². The van der Waals surface area contributed by atoms with Crippen molar-refractivity contribution in [2.24, 2.45) is 11.8 Å². The lowest BCUT2D eigenvalue weighted by Crippen LogP contribution is -2.14. The van der Waals surface area contributed by atoms with Crippen LogP contribution in [0, 0.1) is 5.92 Å². The van der Waals surface area contributed by atoms with Crippen molar-refractivity contribution in [2.45, 2.75) is 25.2 Å². The average Bonchev–Trinajstić information content (AvgIpc) is 2.12. The highest BCUT2D eigenvalue weighted by atomic mass is 19.3. The van der Waals surface area contributed by atoms with E-state index in [4.69, 9.17) is 5.90 Å². The molecule has 0 aromatic carbocycles. The predicted molar refractivity (Wildman–Crippen MR) is 32.4 cm³/mol. The van der Waals surface area contributed by atoms with E-state index in [1.54, 1.807) is 0 Å². The zero-order valence-corrected chi connectivity index (χ0v) is 5.65. The van der Waals surface area contributed by atoms with Crippen LogP contribution in [0.15, 0.2) is 0 Å². The third-order valence-electron chi connectivity index (χ3n) is 1.84. The molecular weight excluding hydrogens is 140 g/mol. The van der Waals surface area contributed by atoms with Gasteiger partial charge in [0.05, 0.1) is 6.61 Å². The summed E-state index contributed by atoms with van der Waals surface area (Å²) < 4.78 is 24.8. The first-order chi connectivity index (χ1) is 4.64. The van der Waals surface area contributed by atoms with E-state index >= 15 is 0 Å². The fraction of sp³-hybridized carbons (Fsp3) is 1.00. The zero-order valence-electron chi connectivity index (χ0n) is 5.65. The first kappa shape index (κ1) is 7.88. The molecule has 1 saturated carbocycles. The Hall–Kier alpha value is -0.220. The maximum absolute atomic E-state index is 12.4. The van der Waals surface area contributed by atoms with E-state index in [-0.39, 0.29) is 25.4 Å². The summed E-state index contributed by atoms with van der Waals surface area (Å²) in [7, 11) is 0. The van der Waals surface area contributed by atoms with E-state index < -0.39 is 5.92 Å². The minimum atomic E-state index is -2.47. The van der Waals surface area contributed by atoms with E-state index in [0.717, 1.165) is 0 Å². The Morgan fingerprint density at radius 3 is 2.70 bits per heavy atom. The Morgan fingerprint density at radius 1 is 1.60 bits per heavy atom. The fourth-order valence-corrected chi connectivity index (χ4v) is 1.32. The number of hydrogen-bond donors (Lipinski definition) is 1. The predicted octanol–water partition coefficient (Wildman–Crippen LogP) is 1.31. The van der Waals surface area contributed by atoms with E-state index in [0.29, 0.717) is 6.42 Å². The molecule has 2 N–H and O–H groups in total. The van der Waals surface area contributed by atoms with Gasteiger partial charge in [-0.15, -0.1) is 0 Å². The van der Waals surface area contributed by atoms with Crippen molar-refractivity contribution in [1.82, 2.24) is 0 Å². The highest BCUT2D eigenvalue weighted by molar-refractivity contribution is 4.80. The molecule has 1 atom stereocenters. The number of halogens is 2. The van der Waals surface area contributed by atoms with Crippen molar-refractivity contribution in [3.63, 3.8) is 0 Å². The molecule has 0 aromatic rings. The molecule has 0 spiro atoms. The molecule has 0 aliphatic heterocycles. The quantitative estimate of drug-likeness (QED) is 0.604. The summed E-state index contributed by atoms with van der Waals surface area (Å²) in [4.78, 5) is 4.29. The maximum atomic E-state index is 12.4. The van der Waals surface area contributed by atoms with Crippen LogP contribution >= 0.6 is 0 Å². The summed E-state index contributed by atoms with van der Waals surface area (Å²) in [6.45, 7) is 0.260. The molecule has 0 aromatic heterocycles. The standard InChI is InChI=1S/C6H11F2NO/c7-6(8)2-1-5(3-6)4-10-9/h5H,1-4,9H2. The maximum Gasteiger partial charge on any atom is 0.248 e. The number of rotatable bonds is 2. The smallest absolute Gasteiger partial charge is 0.248 e. The minimum Gasteiger partial charge on any atom is -0.304 e. The monoisotopic (exact) mass is 151 g/mol. The molecule has 4 heteroatoms. The SMILES string of the molecule is NOCC1CCC(F)(F)C1. The Labute approximate surface area is 58.3 Å². The molecule has 0 amide bonds. The second kappa shape index (κ2) is 2.80. The van der Waals surface area contributed by atoms with Crippen LogP contribution in [0.5, 0.6) is 0 Å². The van der Waals surface area contributed by atoms with Crippen LogP contribution < -0.4 is 5.90 Å². The van der Waals surface area contributed by atoms with Gasteiger partial charge in [-0.1, -0.05) is 0 Å². The second-order valence-electron chi connectivity index (χ2n) is 2.80. The van der Waals surface area contributed by atoms with Crippen molar-refractivity contribution in [3.05, 3.63) is 0 Å². The molecule has 1 rings (SSSR count). The average molecular weight is 151 g/mol. The van der Waals surface area contributed by atoms with Gasteiger partial charge in [0.2, 0.25) is 5.92 Å². The van der Waals surface area contributed by atoms with Crippen LogP contribution in [0.25, 0.3) is 0 Å². The number of alkyl halides is 2. The Morgan fingerprint density at radius 2 is 2.30 bits per heavy atom. The van der Waals surface area contributed by atoms with Gasteiger partial charge in [0.1, 0.15) is 0 Å². The van der Waals surface area contributed by atoms with Gasteiger partial charge in [0.25, 0.3) is 0 Å². The van der Waals surface area contributed by atoms with Crippen molar-refractivity contribution in [1.29, 1.82) is 0 Å². The van der Waals surface area contributed by atoms with E-state index in [2.05, 4.69) is 4.84 Å². The Bertz CT molecular complexity index is 118. The van der Waals surface area contributed by atoms with Gasteiger partial charge in [-0.3, -0.25) is 0 Å². The molecule has 0 heterocycles. The van der Waals surface area contributed by atoms with Gasteiger partial charge in [-0.2, -0.15) is 0 Å². The lowest BCUT2D eigenvalue weighted by Gasteiger charge is -2.07. The molecule has 0 saturated heterocycles. The molecule has 2 nitrogen and oxygen atoms in total. The Balaban J connectivity index is 2.29. The summed E-state index contributed by atoms with van der Waals surface area (Å²) in [5.74, 6) is 2.24. The normalized spacial score (nSPS) is 30.9. The zero-order chi connectivity index (χ0) is 7.61. The summed E-state index contributed by atoms with van der Waals surface area (Å²) >= 11 is 0. The van der Waals surface area contributed by atoms with Gasteiger partial charge in [-0.25, -0.2) is 14.7 Å². The summed E-state index contributed by atoms with van der Waals surface area (Å²) in [6.07, 6.45) is 0.454. The minimum absolute atomic E-state index is 0.0129. The van der Waals surface area contributed by atoms with Crippen LogP contribution in [0.3, 0.4) is 0 Å². The van der Waals surface area contributed by atoms with Gasteiger partial charge in [0, 0.05) is 12.8 Å². The molecule has 1 aliphatic rings. The van der Waals surface area contributed by atoms with E-state index in [1.807, 2.05) is 0 Å². The van der Waals surface area contributed by atoms with Crippen LogP contribution in [-0.2, 0) is 4.84 Å². The molecular formula is C6H11F2NO. The summed E-state index contributed by atoms with van der Waals surface area (Å²) in [6, 6.07) is 0. The largest absolute Gasteiger partial charge is 0.304 e. The van der Waals surface area contributed by atoms with E-state index in [9.17, 15) is 8.78 Å². The van der Waals surface area contributed by atoms with Crippen LogP contribution in [-0.4, -0.2) is 12.5 Å². The van der Waals surface area contributed by atoms with Gasteiger partial charge < -0.3 is 4.84 Å². The van der Waals surface area contributed by atoms with E-state index in [1.165, 1.54) is 0 Å². The first-order valence-electron chi connectivity index (χ1n) is 3.33. The third-order valence-corrected chi connectivity index (χ3v) is 1.84. The first-order valence-corrected chi connectivity index (χ1v) is 3.33. The van der Waals surface area contributed by atoms with Crippen LogP contribution in [0.1, 0.15) is 19.3 Å². The van der Waals surface area contributed by atoms with Crippen LogP contribution in [0.2, 0.25) is 0 Å². The molecule has 0 radical (unpaired) electrons. The highest BCUT2D eigenvalue weighted by Gasteiger charge is 2.39. The van der Waals surface area contributed by atoms with Crippen molar-refractivity contribution >= 4 is 0 Å². The number of nitrogens with two attached hydrogens (primary N) is 1. The molecule has 1 aliphatic carbocycles. The summed E-state index contributed by atoms with van der Waals surface area (Å²) in [5.41, 5.74) is 0. The molecule has 1 unspecified atom stereocenters. The fourth-order valence-electron chi connectivity index (χ4n) is 1.32. The van der Waals surface area contributed by atoms with Gasteiger partial charge in [0.15, 0.2) is 0 Å². The van der Waals surface area contributed by atoms with Gasteiger partial charge >= 0.3 is 0 Å². The number of hydrogen-bond acceptors (Lipinski definition) is 2. The Kier molecular flexibility index (Phi) is 2.21. The van der Waals surface area contributed by atoms with Gasteiger partial charge in [-0.05, 0) is 12.3 Å². The van der Waals surface area contributed by atoms with Crippen molar-refractivity contribution < 1.29 is 13.6 Å². The lowest BCUT2D eigenvalue weighted by atomic mass is 10.1. The molecule has 10 heavy (non-hydrogen) atoms. The third kappa shape index (κ3) is 1.88. The molecule has 1 fully saturated rings. The lowest BCUT2D eigenvalue weighted by molar-refractivity contribution is -0.00144.